The van der Waals surface area contributed by atoms with E-state index in [1.165, 1.54) is 0 Å². The lowest BCUT2D eigenvalue weighted by atomic mass is 10.1. The van der Waals surface area contributed by atoms with Crippen LogP contribution in [0.1, 0.15) is 13.3 Å². The fourth-order valence-corrected chi connectivity index (χ4v) is 2.89. The van der Waals surface area contributed by atoms with E-state index < -0.39 is 5.97 Å². The average molecular weight is 289 g/mol. The van der Waals surface area contributed by atoms with Crippen LogP contribution in [0.3, 0.4) is 0 Å². The molecule has 0 amide bonds. The van der Waals surface area contributed by atoms with Crippen molar-refractivity contribution in [2.75, 3.05) is 31.1 Å². The maximum Gasteiger partial charge on any atom is 0.304 e. The second-order valence-electron chi connectivity index (χ2n) is 5.42. The summed E-state index contributed by atoms with van der Waals surface area (Å²) in [6.45, 7) is 5.30. The molecule has 0 bridgehead atoms. The summed E-state index contributed by atoms with van der Waals surface area (Å²) in [6.07, 6.45) is 3.65. The summed E-state index contributed by atoms with van der Waals surface area (Å²) in [4.78, 5) is 26.9. The van der Waals surface area contributed by atoms with E-state index in [0.717, 1.165) is 36.5 Å². The molecular formula is C14H19N5O2. The van der Waals surface area contributed by atoms with Gasteiger partial charge in [-0.2, -0.15) is 0 Å². The Morgan fingerprint density at radius 1 is 1.48 bits per heavy atom. The van der Waals surface area contributed by atoms with Crippen LogP contribution in [-0.4, -0.2) is 63.1 Å². The molecule has 0 spiro atoms. The normalized spacial score (nSPS) is 20.0. The minimum Gasteiger partial charge on any atom is -0.481 e. The van der Waals surface area contributed by atoms with Crippen LogP contribution in [0.2, 0.25) is 0 Å². The van der Waals surface area contributed by atoms with Crippen LogP contribution in [0.25, 0.3) is 11.0 Å². The molecular weight excluding hydrogens is 270 g/mol. The summed E-state index contributed by atoms with van der Waals surface area (Å²) in [5.41, 5.74) is 0.848. The Hall–Kier alpha value is -2.15. The van der Waals surface area contributed by atoms with Crippen LogP contribution < -0.4 is 4.90 Å². The van der Waals surface area contributed by atoms with Crippen LogP contribution >= 0.6 is 0 Å². The molecule has 0 aromatic carbocycles. The number of nitrogens with one attached hydrogen (secondary N) is 1. The van der Waals surface area contributed by atoms with Crippen molar-refractivity contribution in [3.8, 4) is 0 Å². The number of nitrogens with zero attached hydrogens (tertiary/aromatic N) is 4. The summed E-state index contributed by atoms with van der Waals surface area (Å²) < 4.78 is 0. The highest BCUT2D eigenvalue weighted by atomic mass is 16.4. The number of H-pyrrole nitrogens is 1. The van der Waals surface area contributed by atoms with Crippen LogP contribution in [0, 0.1) is 0 Å². The molecule has 0 aliphatic carbocycles. The van der Waals surface area contributed by atoms with Crippen molar-refractivity contribution in [1.29, 1.82) is 0 Å². The minimum absolute atomic E-state index is 0.197. The summed E-state index contributed by atoms with van der Waals surface area (Å²) in [5.74, 6) is 0.210. The van der Waals surface area contributed by atoms with Gasteiger partial charge in [0.1, 0.15) is 17.8 Å². The quantitative estimate of drug-likeness (QED) is 0.871. The molecule has 1 unspecified atom stereocenters. The second kappa shape index (κ2) is 5.69. The fraction of sp³-hybridized carbons (Fsp3) is 0.500. The predicted molar refractivity (Wildman–Crippen MR) is 79.4 cm³/mol. The monoisotopic (exact) mass is 289 g/mol. The summed E-state index contributed by atoms with van der Waals surface area (Å²) >= 11 is 0. The van der Waals surface area contributed by atoms with Gasteiger partial charge in [-0.3, -0.25) is 9.69 Å². The molecule has 1 fully saturated rings. The molecule has 2 N–H and O–H groups in total. The highest BCUT2D eigenvalue weighted by molar-refractivity contribution is 5.87. The number of rotatable bonds is 4. The zero-order valence-electron chi connectivity index (χ0n) is 12.0. The largest absolute Gasteiger partial charge is 0.481 e. The van der Waals surface area contributed by atoms with Gasteiger partial charge in [-0.05, 0) is 13.0 Å². The van der Waals surface area contributed by atoms with Gasteiger partial charge in [0, 0.05) is 38.4 Å². The number of anilines is 1. The third-order valence-corrected chi connectivity index (χ3v) is 3.96. The van der Waals surface area contributed by atoms with Gasteiger partial charge in [-0.25, -0.2) is 9.97 Å². The smallest absolute Gasteiger partial charge is 0.304 e. The molecule has 1 atom stereocenters. The Morgan fingerprint density at radius 2 is 2.33 bits per heavy atom. The average Bonchev–Trinajstić information content (AvgIpc) is 2.94. The van der Waals surface area contributed by atoms with Crippen LogP contribution in [0.15, 0.2) is 18.6 Å². The van der Waals surface area contributed by atoms with Crippen LogP contribution in [-0.2, 0) is 4.79 Å². The SMILES string of the molecule is CC1CN(CCC(=O)O)CCN1c1ncnc2[nH]ccc12. The number of aromatic nitrogens is 3. The number of hydrogen-bond acceptors (Lipinski definition) is 5. The highest BCUT2D eigenvalue weighted by Gasteiger charge is 2.26. The number of aliphatic carboxylic acids is 1. The standard InChI is InChI=1S/C14H19N5O2/c1-10-8-18(5-3-12(20)21)6-7-19(10)14-11-2-4-15-13(11)16-9-17-14/h2,4,9-10H,3,5-8H2,1H3,(H,20,21)(H,15,16,17). The van der Waals surface area contributed by atoms with Gasteiger partial charge in [-0.15, -0.1) is 0 Å². The zero-order chi connectivity index (χ0) is 14.8. The van der Waals surface area contributed by atoms with Crippen molar-refractivity contribution in [2.24, 2.45) is 0 Å². The third kappa shape index (κ3) is 2.82. The molecule has 1 aliphatic rings. The van der Waals surface area contributed by atoms with Gasteiger partial charge in [0.2, 0.25) is 0 Å². The summed E-state index contributed by atoms with van der Waals surface area (Å²) in [5, 5.41) is 9.81. The van der Waals surface area contributed by atoms with E-state index in [4.69, 9.17) is 5.11 Å². The number of piperazine rings is 1. The molecule has 1 aliphatic heterocycles. The van der Waals surface area contributed by atoms with E-state index in [9.17, 15) is 4.79 Å². The number of fused-ring (bicyclic) bond motifs is 1. The molecule has 3 heterocycles. The molecule has 2 aromatic rings. The second-order valence-corrected chi connectivity index (χ2v) is 5.42. The number of carbonyl (C=O) groups is 1. The van der Waals surface area contributed by atoms with E-state index >= 15 is 0 Å². The van der Waals surface area contributed by atoms with Crippen molar-refractivity contribution >= 4 is 22.8 Å². The molecule has 0 saturated carbocycles. The lowest BCUT2D eigenvalue weighted by Crippen LogP contribution is -2.52. The van der Waals surface area contributed by atoms with Crippen molar-refractivity contribution < 1.29 is 9.90 Å². The Kier molecular flexibility index (Phi) is 3.74. The highest BCUT2D eigenvalue weighted by Crippen LogP contribution is 2.25. The first-order valence-electron chi connectivity index (χ1n) is 7.14. The van der Waals surface area contributed by atoms with Crippen molar-refractivity contribution in [2.45, 2.75) is 19.4 Å². The van der Waals surface area contributed by atoms with Gasteiger partial charge in [0.05, 0.1) is 11.8 Å². The maximum atomic E-state index is 10.7. The topological polar surface area (TPSA) is 85.3 Å². The van der Waals surface area contributed by atoms with Gasteiger partial charge in [0.25, 0.3) is 0 Å². The Balaban J connectivity index is 1.73. The fourth-order valence-electron chi connectivity index (χ4n) is 2.89. The number of aromatic amines is 1. The minimum atomic E-state index is -0.741. The summed E-state index contributed by atoms with van der Waals surface area (Å²) in [7, 11) is 0. The van der Waals surface area contributed by atoms with E-state index in [-0.39, 0.29) is 6.42 Å². The van der Waals surface area contributed by atoms with Gasteiger partial charge < -0.3 is 15.0 Å². The van der Waals surface area contributed by atoms with Crippen LogP contribution in [0.4, 0.5) is 5.82 Å². The Morgan fingerprint density at radius 3 is 3.10 bits per heavy atom. The predicted octanol–water partition coefficient (Wildman–Crippen LogP) is 0.943. The number of hydrogen-bond donors (Lipinski definition) is 2. The number of carboxylic acids is 1. The van der Waals surface area contributed by atoms with Crippen molar-refractivity contribution in [3.05, 3.63) is 18.6 Å². The zero-order valence-corrected chi connectivity index (χ0v) is 12.0. The molecule has 7 heteroatoms. The van der Waals surface area contributed by atoms with Gasteiger partial charge in [0.15, 0.2) is 0 Å². The van der Waals surface area contributed by atoms with E-state index in [2.05, 4.69) is 31.7 Å². The Bertz CT molecular complexity index is 641. The first-order chi connectivity index (χ1) is 10.1. The third-order valence-electron chi connectivity index (χ3n) is 3.96. The van der Waals surface area contributed by atoms with E-state index in [1.54, 1.807) is 6.33 Å². The van der Waals surface area contributed by atoms with E-state index in [0.29, 0.717) is 12.6 Å². The first kappa shape index (κ1) is 13.8. The molecule has 3 rings (SSSR count). The molecule has 1 saturated heterocycles. The van der Waals surface area contributed by atoms with E-state index in [1.807, 2.05) is 12.3 Å². The number of carboxylic acid groups (broad SMARTS) is 1. The molecule has 0 radical (unpaired) electrons. The van der Waals surface area contributed by atoms with Crippen LogP contribution in [0.5, 0.6) is 0 Å². The van der Waals surface area contributed by atoms with Crippen molar-refractivity contribution in [1.82, 2.24) is 19.9 Å². The molecule has 21 heavy (non-hydrogen) atoms. The Labute approximate surface area is 122 Å². The van der Waals surface area contributed by atoms with Gasteiger partial charge >= 0.3 is 5.97 Å². The molecule has 112 valence electrons. The molecule has 2 aromatic heterocycles. The van der Waals surface area contributed by atoms with Gasteiger partial charge in [-0.1, -0.05) is 0 Å². The lowest BCUT2D eigenvalue weighted by Gasteiger charge is -2.40. The lowest BCUT2D eigenvalue weighted by molar-refractivity contribution is -0.137. The maximum absolute atomic E-state index is 10.7. The first-order valence-corrected chi connectivity index (χ1v) is 7.14. The summed E-state index contributed by atoms with van der Waals surface area (Å²) in [6, 6.07) is 2.29. The van der Waals surface area contributed by atoms with Crippen molar-refractivity contribution in [3.63, 3.8) is 0 Å². The molecule has 7 nitrogen and oxygen atoms in total.